The lowest BCUT2D eigenvalue weighted by Gasteiger charge is -2.03. The molecule has 1 aromatic carbocycles. The first-order valence-electron chi connectivity index (χ1n) is 5.31. The number of aromatic nitrogens is 3. The van der Waals surface area contributed by atoms with Gasteiger partial charge in [-0.15, -0.1) is 10.2 Å². The molecule has 4 nitrogen and oxygen atoms in total. The molecular weight excluding hydrogens is 268 g/mol. The molecule has 0 spiro atoms. The van der Waals surface area contributed by atoms with Crippen LogP contribution < -0.4 is 5.84 Å². The second-order valence-electron chi connectivity index (χ2n) is 3.85. The van der Waals surface area contributed by atoms with Crippen molar-refractivity contribution in [2.24, 2.45) is 0 Å². The van der Waals surface area contributed by atoms with Crippen LogP contribution in [0.25, 0.3) is 11.4 Å². The van der Waals surface area contributed by atoms with E-state index in [1.54, 1.807) is 0 Å². The van der Waals surface area contributed by atoms with E-state index in [2.05, 4.69) is 16.8 Å². The molecule has 0 atom stereocenters. The summed E-state index contributed by atoms with van der Waals surface area (Å²) in [6.07, 6.45) is 0. The third-order valence-corrected chi connectivity index (χ3v) is 3.65. The van der Waals surface area contributed by atoms with Crippen molar-refractivity contribution in [2.75, 3.05) is 11.6 Å². The minimum Gasteiger partial charge on any atom is -0.335 e. The van der Waals surface area contributed by atoms with E-state index in [0.717, 1.165) is 5.56 Å². The fourth-order valence-corrected chi connectivity index (χ4v) is 2.19. The maximum absolute atomic E-state index is 5.96. The minimum atomic E-state index is 0.555. The highest BCUT2D eigenvalue weighted by Gasteiger charge is 2.11. The molecule has 0 bridgehead atoms. The van der Waals surface area contributed by atoms with E-state index < -0.39 is 0 Å². The van der Waals surface area contributed by atoms with Gasteiger partial charge in [-0.1, -0.05) is 59.8 Å². The predicted molar refractivity (Wildman–Crippen MR) is 76.1 cm³/mol. The molecule has 0 fully saturated rings. The molecule has 0 saturated heterocycles. The lowest BCUT2D eigenvalue weighted by molar-refractivity contribution is 0.851. The molecule has 2 N–H and O–H groups in total. The van der Waals surface area contributed by atoms with Gasteiger partial charge in [0, 0.05) is 16.3 Å². The number of benzene rings is 1. The van der Waals surface area contributed by atoms with Crippen LogP contribution >= 0.6 is 23.4 Å². The number of hydrogen-bond acceptors (Lipinski definition) is 4. The van der Waals surface area contributed by atoms with Crippen molar-refractivity contribution < 1.29 is 0 Å². The summed E-state index contributed by atoms with van der Waals surface area (Å²) in [5.74, 6) is 7.15. The number of rotatable bonds is 4. The van der Waals surface area contributed by atoms with E-state index >= 15 is 0 Å². The van der Waals surface area contributed by atoms with Crippen LogP contribution in [0.15, 0.2) is 41.0 Å². The van der Waals surface area contributed by atoms with Crippen LogP contribution in [-0.2, 0) is 0 Å². The van der Waals surface area contributed by atoms with Gasteiger partial charge in [-0.2, -0.15) is 0 Å². The number of nitrogens with zero attached hydrogens (tertiary/aromatic N) is 3. The highest BCUT2D eigenvalue weighted by atomic mass is 35.5. The summed E-state index contributed by atoms with van der Waals surface area (Å²) in [5.41, 5.74) is 2.13. The first kappa shape index (κ1) is 13.0. The molecule has 0 saturated carbocycles. The SMILES string of the molecule is C=C(Cl)CSc1nnc(-c2ccc(C)cc2)n1N. The lowest BCUT2D eigenvalue weighted by atomic mass is 10.1. The van der Waals surface area contributed by atoms with Gasteiger partial charge < -0.3 is 5.84 Å². The summed E-state index contributed by atoms with van der Waals surface area (Å²) in [4.78, 5) is 0. The summed E-state index contributed by atoms with van der Waals surface area (Å²) in [6, 6.07) is 7.96. The highest BCUT2D eigenvalue weighted by Crippen LogP contribution is 2.23. The fourth-order valence-electron chi connectivity index (χ4n) is 1.42. The Morgan fingerprint density at radius 2 is 2.06 bits per heavy atom. The molecular formula is C12H13ClN4S. The second kappa shape index (κ2) is 5.46. The average molecular weight is 281 g/mol. The van der Waals surface area contributed by atoms with Gasteiger partial charge in [-0.3, -0.25) is 0 Å². The zero-order valence-corrected chi connectivity index (χ0v) is 11.5. The van der Waals surface area contributed by atoms with Crippen LogP contribution in [0, 0.1) is 6.92 Å². The molecule has 0 amide bonds. The van der Waals surface area contributed by atoms with Crippen LogP contribution in [-0.4, -0.2) is 20.6 Å². The van der Waals surface area contributed by atoms with E-state index in [0.29, 0.717) is 21.8 Å². The summed E-state index contributed by atoms with van der Waals surface area (Å²) in [5, 5.41) is 9.30. The topological polar surface area (TPSA) is 56.7 Å². The monoisotopic (exact) mass is 280 g/mol. The molecule has 2 aromatic rings. The Morgan fingerprint density at radius 1 is 1.39 bits per heavy atom. The number of nitrogens with two attached hydrogens (primary N) is 1. The molecule has 0 radical (unpaired) electrons. The second-order valence-corrected chi connectivity index (χ2v) is 5.33. The van der Waals surface area contributed by atoms with E-state index in [4.69, 9.17) is 17.4 Å². The van der Waals surface area contributed by atoms with E-state index in [1.165, 1.54) is 22.0 Å². The van der Waals surface area contributed by atoms with Gasteiger partial charge in [0.15, 0.2) is 5.82 Å². The van der Waals surface area contributed by atoms with E-state index in [-0.39, 0.29) is 0 Å². The zero-order valence-electron chi connectivity index (χ0n) is 9.93. The number of halogens is 1. The minimum absolute atomic E-state index is 0.555. The number of nitrogen functional groups attached to an aromatic ring is 1. The highest BCUT2D eigenvalue weighted by molar-refractivity contribution is 7.99. The molecule has 1 heterocycles. The molecule has 0 aliphatic rings. The normalized spacial score (nSPS) is 10.6. The van der Waals surface area contributed by atoms with Crippen molar-refractivity contribution in [2.45, 2.75) is 12.1 Å². The van der Waals surface area contributed by atoms with Crippen LogP contribution in [0.1, 0.15) is 5.56 Å². The smallest absolute Gasteiger partial charge is 0.210 e. The Balaban J connectivity index is 2.25. The van der Waals surface area contributed by atoms with Gasteiger partial charge in [0.1, 0.15) is 0 Å². The van der Waals surface area contributed by atoms with Crippen LogP contribution in [0.3, 0.4) is 0 Å². The van der Waals surface area contributed by atoms with Gasteiger partial charge in [-0.25, -0.2) is 4.68 Å². The third-order valence-electron chi connectivity index (χ3n) is 2.33. The average Bonchev–Trinajstić information content (AvgIpc) is 2.69. The van der Waals surface area contributed by atoms with Crippen molar-refractivity contribution in [3.63, 3.8) is 0 Å². The molecule has 1 aromatic heterocycles. The number of aryl methyl sites for hydroxylation is 1. The van der Waals surface area contributed by atoms with E-state index in [9.17, 15) is 0 Å². The van der Waals surface area contributed by atoms with Gasteiger partial charge >= 0.3 is 0 Å². The Labute approximate surface area is 115 Å². The summed E-state index contributed by atoms with van der Waals surface area (Å²) in [7, 11) is 0. The fraction of sp³-hybridized carbons (Fsp3) is 0.167. The van der Waals surface area contributed by atoms with Crippen molar-refractivity contribution in [1.29, 1.82) is 0 Å². The maximum Gasteiger partial charge on any atom is 0.210 e. The summed E-state index contributed by atoms with van der Waals surface area (Å²) in [6.45, 7) is 5.65. The van der Waals surface area contributed by atoms with Crippen molar-refractivity contribution >= 4 is 23.4 Å². The summed E-state index contributed by atoms with van der Waals surface area (Å²) < 4.78 is 1.47. The largest absolute Gasteiger partial charge is 0.335 e. The Hall–Kier alpha value is -1.46. The Morgan fingerprint density at radius 3 is 2.67 bits per heavy atom. The zero-order chi connectivity index (χ0) is 13.1. The predicted octanol–water partition coefficient (Wildman–Crippen LogP) is 2.81. The quantitative estimate of drug-likeness (QED) is 0.691. The molecule has 2 rings (SSSR count). The van der Waals surface area contributed by atoms with E-state index in [1.807, 2.05) is 31.2 Å². The molecule has 18 heavy (non-hydrogen) atoms. The molecule has 6 heteroatoms. The van der Waals surface area contributed by atoms with Crippen molar-refractivity contribution in [3.8, 4) is 11.4 Å². The summed E-state index contributed by atoms with van der Waals surface area (Å²) >= 11 is 7.11. The molecule has 0 aliphatic carbocycles. The van der Waals surface area contributed by atoms with Crippen molar-refractivity contribution in [3.05, 3.63) is 41.4 Å². The van der Waals surface area contributed by atoms with Crippen molar-refractivity contribution in [1.82, 2.24) is 14.9 Å². The Kier molecular flexibility index (Phi) is 3.93. The molecule has 0 aliphatic heterocycles. The van der Waals surface area contributed by atoms with Gasteiger partial charge in [-0.05, 0) is 6.92 Å². The molecule has 0 unspecified atom stereocenters. The standard InChI is InChI=1S/C12H13ClN4S/c1-8-3-5-10(6-4-8)11-15-16-12(17(11)14)18-7-9(2)13/h3-6H,2,7,14H2,1H3. The van der Waals surface area contributed by atoms with Gasteiger partial charge in [0.05, 0.1) is 0 Å². The van der Waals surface area contributed by atoms with Crippen LogP contribution in [0.5, 0.6) is 0 Å². The van der Waals surface area contributed by atoms with Gasteiger partial charge in [0.2, 0.25) is 5.16 Å². The van der Waals surface area contributed by atoms with Crippen LogP contribution in [0.2, 0.25) is 0 Å². The molecule has 94 valence electrons. The lowest BCUT2D eigenvalue weighted by Crippen LogP contribution is -2.11. The third kappa shape index (κ3) is 2.86. The number of thioether (sulfide) groups is 1. The number of hydrogen-bond donors (Lipinski definition) is 1. The van der Waals surface area contributed by atoms with Gasteiger partial charge in [0.25, 0.3) is 0 Å². The maximum atomic E-state index is 5.96. The first-order valence-corrected chi connectivity index (χ1v) is 6.68. The Bertz CT molecular complexity index is 562. The first-order chi connectivity index (χ1) is 8.58. The van der Waals surface area contributed by atoms with Crippen LogP contribution in [0.4, 0.5) is 0 Å².